The van der Waals surface area contributed by atoms with Crippen molar-refractivity contribution in [2.45, 2.75) is 64.9 Å². The fraction of sp³-hybridized carbons (Fsp3) is 0.424. The number of benzene rings is 1. The van der Waals surface area contributed by atoms with Crippen LogP contribution in [0.4, 0.5) is 4.39 Å². The van der Waals surface area contributed by atoms with Crippen LogP contribution in [0.25, 0.3) is 22.2 Å². The fourth-order valence-electron chi connectivity index (χ4n) is 6.75. The Morgan fingerprint density at radius 3 is 2.66 bits per heavy atom. The Morgan fingerprint density at radius 2 is 2.00 bits per heavy atom. The minimum Gasteiger partial charge on any atom is -0.478 e. The number of allylic oxidation sites excluding steroid dienone is 1. The van der Waals surface area contributed by atoms with Crippen LogP contribution in [0.3, 0.4) is 0 Å². The molecule has 2 saturated heterocycles. The van der Waals surface area contributed by atoms with Crippen molar-refractivity contribution in [2.24, 2.45) is 0 Å². The molecule has 11 heteroatoms. The van der Waals surface area contributed by atoms with Gasteiger partial charge in [-0.25, -0.2) is 14.2 Å². The second kappa shape index (κ2) is 11.6. The molecule has 1 amide bonds. The molecule has 0 bridgehead atoms. The van der Waals surface area contributed by atoms with E-state index in [9.17, 15) is 19.1 Å². The van der Waals surface area contributed by atoms with Crippen molar-refractivity contribution in [3.05, 3.63) is 76.0 Å². The molecule has 0 aliphatic carbocycles. The molecule has 3 aliphatic heterocycles. The average Bonchev–Trinajstić information content (AvgIpc) is 3.61. The SMILES string of the molecule is CC1=CC(N2CCN(C(=O)c3ccc4c(-c5ccc(Cl)c(F)c5)cn(C[C@H]5CCCO5)c4n3)C(C)(C)C2)NC(C)=C1C(=O)O. The largest absolute Gasteiger partial charge is 0.478 e. The summed E-state index contributed by atoms with van der Waals surface area (Å²) in [5, 5.41) is 13.8. The number of halogens is 2. The van der Waals surface area contributed by atoms with E-state index in [1.807, 2.05) is 48.6 Å². The molecule has 1 aromatic carbocycles. The number of carbonyl (C=O) groups is 2. The number of piperazine rings is 1. The zero-order valence-corrected chi connectivity index (χ0v) is 26.1. The van der Waals surface area contributed by atoms with Crippen molar-refractivity contribution in [1.29, 1.82) is 0 Å². The van der Waals surface area contributed by atoms with Gasteiger partial charge in [0.25, 0.3) is 5.91 Å². The lowest BCUT2D eigenvalue weighted by Crippen LogP contribution is -2.64. The molecule has 6 rings (SSSR count). The molecule has 3 aliphatic rings. The third kappa shape index (κ3) is 5.62. The van der Waals surface area contributed by atoms with Crippen LogP contribution in [0.1, 0.15) is 51.0 Å². The smallest absolute Gasteiger partial charge is 0.337 e. The Hall–Kier alpha value is -3.73. The van der Waals surface area contributed by atoms with Crippen molar-refractivity contribution in [2.75, 3.05) is 26.2 Å². The van der Waals surface area contributed by atoms with Gasteiger partial charge in [0.2, 0.25) is 0 Å². The first-order valence-electron chi connectivity index (χ1n) is 15.0. The highest BCUT2D eigenvalue weighted by atomic mass is 35.5. The van der Waals surface area contributed by atoms with Gasteiger partial charge in [-0.1, -0.05) is 17.7 Å². The number of carboxylic acid groups (broad SMARTS) is 1. The summed E-state index contributed by atoms with van der Waals surface area (Å²) in [6.45, 7) is 10.6. The number of nitrogens with zero attached hydrogens (tertiary/aromatic N) is 4. The number of amides is 1. The van der Waals surface area contributed by atoms with Gasteiger partial charge in [-0.15, -0.1) is 0 Å². The minimum absolute atomic E-state index is 0.0460. The number of carboxylic acids is 1. The number of pyridine rings is 1. The van der Waals surface area contributed by atoms with Crippen LogP contribution in [0, 0.1) is 5.82 Å². The van der Waals surface area contributed by atoms with E-state index >= 15 is 0 Å². The van der Waals surface area contributed by atoms with Crippen molar-refractivity contribution in [3.8, 4) is 11.1 Å². The highest BCUT2D eigenvalue weighted by Gasteiger charge is 2.40. The maximum absolute atomic E-state index is 14.4. The quantitative estimate of drug-likeness (QED) is 0.378. The van der Waals surface area contributed by atoms with Crippen LogP contribution in [0.2, 0.25) is 5.02 Å². The zero-order chi connectivity index (χ0) is 31.3. The molecule has 3 aromatic rings. The number of aromatic nitrogens is 2. The molecule has 2 atom stereocenters. The van der Waals surface area contributed by atoms with Gasteiger partial charge in [0.15, 0.2) is 0 Å². The maximum Gasteiger partial charge on any atom is 0.337 e. The molecule has 1 unspecified atom stereocenters. The second-order valence-electron chi connectivity index (χ2n) is 12.5. The molecule has 0 spiro atoms. The standard InChI is InChI=1S/C33H37ClFN5O4/c1-19-14-28(36-20(2)29(19)32(42)43)38-11-12-40(33(3,4)18-38)31(41)27-10-8-23-24(21-7-9-25(34)26(35)15-21)17-39(30(23)37-27)16-22-6-5-13-44-22/h7-10,14-15,17,22,28,36H,5-6,11-13,16,18H2,1-4H3,(H,42,43)/t22-,28?/m1/s1. The van der Waals surface area contributed by atoms with E-state index < -0.39 is 17.3 Å². The average molecular weight is 622 g/mol. The predicted octanol–water partition coefficient (Wildman–Crippen LogP) is 5.45. The topological polar surface area (TPSA) is 99.9 Å². The van der Waals surface area contributed by atoms with Gasteiger partial charge in [-0.3, -0.25) is 9.69 Å². The van der Waals surface area contributed by atoms with E-state index in [2.05, 4.69) is 10.2 Å². The Kier molecular flexibility index (Phi) is 8.02. The molecule has 0 radical (unpaired) electrons. The van der Waals surface area contributed by atoms with E-state index in [-0.39, 0.29) is 23.2 Å². The minimum atomic E-state index is -0.947. The zero-order valence-electron chi connectivity index (χ0n) is 25.4. The summed E-state index contributed by atoms with van der Waals surface area (Å²) in [7, 11) is 0. The molecule has 5 heterocycles. The van der Waals surface area contributed by atoms with Crippen LogP contribution < -0.4 is 5.32 Å². The Balaban J connectivity index is 1.28. The van der Waals surface area contributed by atoms with E-state index in [4.69, 9.17) is 21.3 Å². The van der Waals surface area contributed by atoms with E-state index in [0.717, 1.165) is 36.0 Å². The first-order valence-corrected chi connectivity index (χ1v) is 15.3. The van der Waals surface area contributed by atoms with Gasteiger partial charge in [-0.2, -0.15) is 0 Å². The summed E-state index contributed by atoms with van der Waals surface area (Å²) in [4.78, 5) is 34.7. The first-order chi connectivity index (χ1) is 20.9. The Bertz CT molecular complexity index is 1710. The summed E-state index contributed by atoms with van der Waals surface area (Å²) >= 11 is 5.96. The van der Waals surface area contributed by atoms with Gasteiger partial charge >= 0.3 is 5.97 Å². The van der Waals surface area contributed by atoms with Crippen LogP contribution in [-0.4, -0.2) is 80.4 Å². The fourth-order valence-corrected chi connectivity index (χ4v) is 6.86. The van der Waals surface area contributed by atoms with Crippen molar-refractivity contribution in [3.63, 3.8) is 0 Å². The number of dihydropyridines is 1. The lowest BCUT2D eigenvalue weighted by atomic mass is 9.95. The molecular weight excluding hydrogens is 585 g/mol. The van der Waals surface area contributed by atoms with Crippen LogP contribution in [0.15, 0.2) is 59.4 Å². The molecule has 2 aromatic heterocycles. The third-order valence-corrected chi connectivity index (χ3v) is 9.23. The van der Waals surface area contributed by atoms with Gasteiger partial charge in [0.1, 0.15) is 17.2 Å². The number of carbonyl (C=O) groups excluding carboxylic acids is 1. The van der Waals surface area contributed by atoms with Crippen molar-refractivity contribution < 1.29 is 23.8 Å². The number of hydrogen-bond donors (Lipinski definition) is 2. The summed E-state index contributed by atoms with van der Waals surface area (Å²) in [6, 6.07) is 8.39. The number of aliphatic carboxylic acids is 1. The van der Waals surface area contributed by atoms with Crippen molar-refractivity contribution >= 4 is 34.5 Å². The van der Waals surface area contributed by atoms with Crippen LogP contribution >= 0.6 is 11.6 Å². The van der Waals surface area contributed by atoms with Crippen molar-refractivity contribution in [1.82, 2.24) is 24.7 Å². The summed E-state index contributed by atoms with van der Waals surface area (Å²) in [5.41, 5.74) is 3.61. The summed E-state index contributed by atoms with van der Waals surface area (Å²) in [6.07, 6.45) is 5.72. The maximum atomic E-state index is 14.4. The third-order valence-electron chi connectivity index (χ3n) is 8.92. The number of fused-ring (bicyclic) bond motifs is 1. The molecule has 2 fully saturated rings. The van der Waals surface area contributed by atoms with Gasteiger partial charge in [0.05, 0.1) is 34.9 Å². The first kappa shape index (κ1) is 30.3. The van der Waals surface area contributed by atoms with Crippen LogP contribution in [0.5, 0.6) is 0 Å². The number of hydrogen-bond acceptors (Lipinski definition) is 6. The number of rotatable bonds is 6. The highest BCUT2D eigenvalue weighted by molar-refractivity contribution is 6.30. The molecular formula is C33H37ClFN5O4. The molecule has 0 saturated carbocycles. The molecule has 232 valence electrons. The molecule has 2 N–H and O–H groups in total. The predicted molar refractivity (Wildman–Crippen MR) is 167 cm³/mol. The van der Waals surface area contributed by atoms with Gasteiger partial charge in [0, 0.05) is 49.1 Å². The van der Waals surface area contributed by atoms with Crippen LogP contribution in [-0.2, 0) is 16.1 Å². The van der Waals surface area contributed by atoms with E-state index in [1.54, 1.807) is 25.1 Å². The lowest BCUT2D eigenvalue weighted by Gasteiger charge is -2.49. The monoisotopic (exact) mass is 621 g/mol. The van der Waals surface area contributed by atoms with E-state index in [1.165, 1.54) is 6.07 Å². The Labute approximate surface area is 260 Å². The normalized spacial score (nSPS) is 22.3. The second-order valence-corrected chi connectivity index (χ2v) is 12.9. The molecule has 44 heavy (non-hydrogen) atoms. The summed E-state index contributed by atoms with van der Waals surface area (Å²) < 4.78 is 22.3. The Morgan fingerprint density at radius 1 is 1.20 bits per heavy atom. The van der Waals surface area contributed by atoms with E-state index in [0.29, 0.717) is 54.4 Å². The highest BCUT2D eigenvalue weighted by Crippen LogP contribution is 2.34. The molecule has 9 nitrogen and oxygen atoms in total. The van der Waals surface area contributed by atoms with Gasteiger partial charge in [-0.05, 0) is 82.0 Å². The number of nitrogens with one attached hydrogen (secondary N) is 1. The van der Waals surface area contributed by atoms with Gasteiger partial charge < -0.3 is 24.6 Å². The summed E-state index contributed by atoms with van der Waals surface area (Å²) in [5.74, 6) is -1.60. The lowest BCUT2D eigenvalue weighted by molar-refractivity contribution is -0.132. The number of ether oxygens (including phenoxy) is 1.